The van der Waals surface area contributed by atoms with E-state index < -0.39 is 0 Å². The Morgan fingerprint density at radius 3 is 2.60 bits per heavy atom. The molecule has 0 unspecified atom stereocenters. The van der Waals surface area contributed by atoms with Gasteiger partial charge in [0.25, 0.3) is 0 Å². The third kappa shape index (κ3) is 2.63. The van der Waals surface area contributed by atoms with Crippen molar-refractivity contribution in [2.24, 2.45) is 0 Å². The highest BCUT2D eigenvalue weighted by Gasteiger charge is 2.05. The van der Waals surface area contributed by atoms with Gasteiger partial charge in [0.15, 0.2) is 0 Å². The van der Waals surface area contributed by atoms with Crippen LogP contribution in [-0.4, -0.2) is 9.97 Å². The molecule has 0 N–H and O–H groups in total. The van der Waals surface area contributed by atoms with Crippen LogP contribution in [0.5, 0.6) is 0 Å². The number of thiazole rings is 1. The molecule has 0 aliphatic heterocycles. The topological polar surface area (TPSA) is 25.8 Å². The van der Waals surface area contributed by atoms with Gasteiger partial charge in [0.1, 0.15) is 0 Å². The minimum absolute atomic E-state index is 0.521. The molecule has 2 heterocycles. The molecule has 0 saturated carbocycles. The highest BCUT2D eigenvalue weighted by Crippen LogP contribution is 2.19. The average Bonchev–Trinajstić information content (AvgIpc) is 2.68. The Bertz CT molecular complexity index is 420. The highest BCUT2D eigenvalue weighted by molar-refractivity contribution is 7.09. The molecule has 2 rings (SSSR count). The maximum Gasteiger partial charge on any atom is 0.0972 e. The maximum atomic E-state index is 4.60. The fourth-order valence-corrected chi connectivity index (χ4v) is 2.34. The predicted molar refractivity (Wildman–Crippen MR) is 63.2 cm³/mol. The molecule has 0 aliphatic carbocycles. The van der Waals surface area contributed by atoms with Crippen LogP contribution in [0.2, 0.25) is 0 Å². The Morgan fingerprint density at radius 1 is 1.27 bits per heavy atom. The molecule has 2 aromatic rings. The zero-order valence-electron chi connectivity index (χ0n) is 8.97. The molecule has 0 fully saturated rings. The lowest BCUT2D eigenvalue weighted by Crippen LogP contribution is -1.90. The maximum absolute atomic E-state index is 4.60. The van der Waals surface area contributed by atoms with E-state index in [-0.39, 0.29) is 0 Å². The lowest BCUT2D eigenvalue weighted by molar-refractivity contribution is 0.825. The van der Waals surface area contributed by atoms with Gasteiger partial charge < -0.3 is 0 Å². The molecule has 3 heteroatoms. The first kappa shape index (κ1) is 10.3. The van der Waals surface area contributed by atoms with E-state index in [0.717, 1.165) is 6.42 Å². The van der Waals surface area contributed by atoms with Crippen LogP contribution in [0.4, 0.5) is 0 Å². The molecule has 2 aromatic heterocycles. The van der Waals surface area contributed by atoms with E-state index >= 15 is 0 Å². The van der Waals surface area contributed by atoms with Crippen molar-refractivity contribution >= 4 is 11.3 Å². The van der Waals surface area contributed by atoms with Gasteiger partial charge in [0, 0.05) is 24.2 Å². The predicted octanol–water partition coefficient (Wildman–Crippen LogP) is 3.25. The van der Waals surface area contributed by atoms with Gasteiger partial charge in [-0.3, -0.25) is 4.98 Å². The van der Waals surface area contributed by atoms with Crippen molar-refractivity contribution in [1.29, 1.82) is 0 Å². The molecule has 0 amide bonds. The minimum Gasteiger partial charge on any atom is -0.265 e. The first-order valence-electron chi connectivity index (χ1n) is 5.09. The standard InChI is InChI=1S/C12H14N2S/c1-9(2)11-8-15-12(14-11)7-10-3-5-13-6-4-10/h3-6,8-9H,7H2,1-2H3. The number of hydrogen-bond donors (Lipinski definition) is 0. The second-order valence-corrected chi connectivity index (χ2v) is 4.80. The van der Waals surface area contributed by atoms with Crippen molar-refractivity contribution < 1.29 is 0 Å². The summed E-state index contributed by atoms with van der Waals surface area (Å²) in [4.78, 5) is 8.61. The van der Waals surface area contributed by atoms with E-state index in [2.05, 4.69) is 29.2 Å². The van der Waals surface area contributed by atoms with Crippen LogP contribution in [0, 0.1) is 0 Å². The Labute approximate surface area is 94.0 Å². The number of aromatic nitrogens is 2. The van der Waals surface area contributed by atoms with Gasteiger partial charge in [-0.1, -0.05) is 13.8 Å². The third-order valence-corrected chi connectivity index (χ3v) is 3.13. The van der Waals surface area contributed by atoms with Crippen LogP contribution in [0.1, 0.15) is 36.0 Å². The molecular weight excluding hydrogens is 204 g/mol. The lowest BCUT2D eigenvalue weighted by atomic mass is 10.1. The summed E-state index contributed by atoms with van der Waals surface area (Å²) in [6.07, 6.45) is 4.57. The Balaban J connectivity index is 2.12. The zero-order chi connectivity index (χ0) is 10.7. The zero-order valence-corrected chi connectivity index (χ0v) is 9.79. The largest absolute Gasteiger partial charge is 0.265 e. The van der Waals surface area contributed by atoms with Gasteiger partial charge in [-0.15, -0.1) is 11.3 Å². The van der Waals surface area contributed by atoms with Crippen molar-refractivity contribution in [1.82, 2.24) is 9.97 Å². The third-order valence-electron chi connectivity index (χ3n) is 2.27. The summed E-state index contributed by atoms with van der Waals surface area (Å²) >= 11 is 1.74. The summed E-state index contributed by atoms with van der Waals surface area (Å²) < 4.78 is 0. The van der Waals surface area contributed by atoms with E-state index in [1.165, 1.54) is 16.3 Å². The van der Waals surface area contributed by atoms with Gasteiger partial charge in [0.2, 0.25) is 0 Å². The lowest BCUT2D eigenvalue weighted by Gasteiger charge is -1.98. The highest BCUT2D eigenvalue weighted by atomic mass is 32.1. The van der Waals surface area contributed by atoms with Gasteiger partial charge in [-0.25, -0.2) is 4.98 Å². The van der Waals surface area contributed by atoms with E-state index in [9.17, 15) is 0 Å². The summed E-state index contributed by atoms with van der Waals surface area (Å²) in [5, 5.41) is 3.34. The number of hydrogen-bond acceptors (Lipinski definition) is 3. The molecule has 78 valence electrons. The fourth-order valence-electron chi connectivity index (χ4n) is 1.35. The van der Waals surface area contributed by atoms with Gasteiger partial charge in [-0.2, -0.15) is 0 Å². The smallest absolute Gasteiger partial charge is 0.0972 e. The van der Waals surface area contributed by atoms with Crippen molar-refractivity contribution in [3.8, 4) is 0 Å². The molecular formula is C12H14N2S. The van der Waals surface area contributed by atoms with Crippen LogP contribution in [0.15, 0.2) is 29.9 Å². The van der Waals surface area contributed by atoms with Crippen molar-refractivity contribution in [3.63, 3.8) is 0 Å². The molecule has 0 aliphatic rings. The van der Waals surface area contributed by atoms with Crippen LogP contribution in [0.25, 0.3) is 0 Å². The minimum atomic E-state index is 0.521. The molecule has 0 radical (unpaired) electrons. The number of pyridine rings is 1. The molecule has 0 spiro atoms. The second-order valence-electron chi connectivity index (χ2n) is 3.85. The Kier molecular flexibility index (Phi) is 3.11. The fraction of sp³-hybridized carbons (Fsp3) is 0.333. The first-order chi connectivity index (χ1) is 7.25. The molecule has 0 aromatic carbocycles. The summed E-state index contributed by atoms with van der Waals surface area (Å²) in [6, 6.07) is 4.08. The summed E-state index contributed by atoms with van der Waals surface area (Å²) in [5.74, 6) is 0.521. The quantitative estimate of drug-likeness (QED) is 0.790. The molecule has 2 nitrogen and oxygen atoms in total. The van der Waals surface area contributed by atoms with Crippen molar-refractivity contribution in [2.45, 2.75) is 26.2 Å². The second kappa shape index (κ2) is 4.53. The average molecular weight is 218 g/mol. The van der Waals surface area contributed by atoms with E-state index in [0.29, 0.717) is 5.92 Å². The van der Waals surface area contributed by atoms with E-state index in [4.69, 9.17) is 0 Å². The molecule has 0 bridgehead atoms. The van der Waals surface area contributed by atoms with E-state index in [1.54, 1.807) is 11.3 Å². The van der Waals surface area contributed by atoms with Crippen molar-refractivity contribution in [3.05, 3.63) is 46.2 Å². The summed E-state index contributed by atoms with van der Waals surface area (Å²) in [5.41, 5.74) is 2.47. The molecule has 15 heavy (non-hydrogen) atoms. The normalized spacial score (nSPS) is 10.9. The van der Waals surface area contributed by atoms with Crippen molar-refractivity contribution in [2.75, 3.05) is 0 Å². The summed E-state index contributed by atoms with van der Waals surface area (Å²) in [6.45, 7) is 4.34. The van der Waals surface area contributed by atoms with Gasteiger partial charge in [-0.05, 0) is 23.6 Å². The molecule has 0 saturated heterocycles. The first-order valence-corrected chi connectivity index (χ1v) is 5.97. The SMILES string of the molecule is CC(C)c1csc(Cc2ccncc2)n1. The molecule has 0 atom stereocenters. The van der Waals surface area contributed by atoms with Crippen LogP contribution < -0.4 is 0 Å². The summed E-state index contributed by atoms with van der Waals surface area (Å²) in [7, 11) is 0. The number of nitrogens with zero attached hydrogens (tertiary/aromatic N) is 2. The Hall–Kier alpha value is -1.22. The van der Waals surface area contributed by atoms with Crippen LogP contribution >= 0.6 is 11.3 Å². The monoisotopic (exact) mass is 218 g/mol. The Morgan fingerprint density at radius 2 is 2.00 bits per heavy atom. The van der Waals surface area contributed by atoms with Gasteiger partial charge >= 0.3 is 0 Å². The van der Waals surface area contributed by atoms with E-state index in [1.807, 2.05) is 24.5 Å². The van der Waals surface area contributed by atoms with Gasteiger partial charge in [0.05, 0.1) is 10.7 Å². The number of rotatable bonds is 3. The van der Waals surface area contributed by atoms with Crippen LogP contribution in [0.3, 0.4) is 0 Å². The van der Waals surface area contributed by atoms with Crippen LogP contribution in [-0.2, 0) is 6.42 Å².